The Morgan fingerprint density at radius 1 is 1.19 bits per heavy atom. The predicted molar refractivity (Wildman–Crippen MR) is 113 cm³/mol. The molecule has 0 fully saturated rings. The van der Waals surface area contributed by atoms with Crippen molar-refractivity contribution in [2.24, 2.45) is 0 Å². The van der Waals surface area contributed by atoms with E-state index >= 15 is 0 Å². The monoisotopic (exact) mass is 399 g/mol. The van der Waals surface area contributed by atoms with Gasteiger partial charge in [0.05, 0.1) is 5.52 Å². The van der Waals surface area contributed by atoms with Crippen LogP contribution in [0.3, 0.4) is 0 Å². The van der Waals surface area contributed by atoms with E-state index in [1.807, 2.05) is 12.1 Å². The zero-order valence-corrected chi connectivity index (χ0v) is 17.0. The molecular weight excluding hydrogens is 378 g/mol. The summed E-state index contributed by atoms with van der Waals surface area (Å²) in [6.07, 6.45) is 3.34. The van der Waals surface area contributed by atoms with Crippen molar-refractivity contribution in [3.05, 3.63) is 51.5 Å². The number of hydrogen-bond acceptors (Lipinski definition) is 4. The Hall–Kier alpha value is -2.09. The molecule has 0 unspecified atom stereocenters. The molecule has 1 aromatic carbocycles. The van der Waals surface area contributed by atoms with Gasteiger partial charge in [0, 0.05) is 42.0 Å². The molecule has 2 aromatic heterocycles. The third kappa shape index (κ3) is 2.81. The van der Waals surface area contributed by atoms with E-state index < -0.39 is 10.9 Å². The first-order valence-corrected chi connectivity index (χ1v) is 11.0. The third-order valence-corrected chi connectivity index (χ3v) is 7.14. The van der Waals surface area contributed by atoms with Crippen LogP contribution in [-0.2, 0) is 30.4 Å². The predicted octanol–water partition coefficient (Wildman–Crippen LogP) is 3.49. The van der Waals surface area contributed by atoms with Crippen molar-refractivity contribution in [1.82, 2.24) is 9.47 Å². The number of fused-ring (bicyclic) bond motifs is 3. The molecule has 5 nitrogen and oxygen atoms in total. The lowest BCUT2D eigenvalue weighted by Crippen LogP contribution is -2.27. The molecule has 2 aliphatic rings. The molecule has 0 bridgehead atoms. The second kappa shape index (κ2) is 6.22. The summed E-state index contributed by atoms with van der Waals surface area (Å²) in [6, 6.07) is 8.44. The summed E-state index contributed by atoms with van der Waals surface area (Å²) in [6.45, 7) is 5.09. The maximum Gasteiger partial charge on any atom is 0.223 e. The molecule has 2 aliphatic heterocycles. The lowest BCUT2D eigenvalue weighted by atomic mass is 9.99. The van der Waals surface area contributed by atoms with Crippen LogP contribution in [0, 0.1) is 6.92 Å². The minimum Gasteiger partial charge on any atom is -0.339 e. The zero-order chi connectivity index (χ0) is 18.7. The molecular formula is C20H21N3O2S2. The molecule has 0 spiro atoms. The van der Waals surface area contributed by atoms with Crippen LogP contribution in [0.4, 0.5) is 5.00 Å². The molecule has 0 aliphatic carbocycles. The van der Waals surface area contributed by atoms with Gasteiger partial charge in [0.2, 0.25) is 10.9 Å². The molecule has 0 radical (unpaired) electrons. The number of anilines is 1. The normalized spacial score (nSPS) is 16.6. The van der Waals surface area contributed by atoms with Crippen molar-refractivity contribution in [2.45, 2.75) is 26.4 Å². The second-order valence-electron chi connectivity index (χ2n) is 7.45. The van der Waals surface area contributed by atoms with Gasteiger partial charge >= 0.3 is 0 Å². The first-order valence-electron chi connectivity index (χ1n) is 9.04. The van der Waals surface area contributed by atoms with E-state index in [4.69, 9.17) is 0 Å². The van der Waals surface area contributed by atoms with Crippen LogP contribution in [0.25, 0.3) is 22.6 Å². The Labute approximate surface area is 164 Å². The number of benzene rings is 1. The van der Waals surface area contributed by atoms with E-state index in [9.17, 15) is 8.42 Å². The van der Waals surface area contributed by atoms with Gasteiger partial charge in [-0.05, 0) is 66.6 Å². The number of hydrogen-bond donors (Lipinski definition) is 2. The average molecular weight is 400 g/mol. The van der Waals surface area contributed by atoms with Gasteiger partial charge < -0.3 is 9.47 Å². The van der Waals surface area contributed by atoms with Crippen LogP contribution < -0.4 is 4.72 Å². The maximum atomic E-state index is 10.9. The quantitative estimate of drug-likeness (QED) is 0.663. The van der Waals surface area contributed by atoms with Crippen molar-refractivity contribution in [3.63, 3.8) is 0 Å². The number of nitrogens with one attached hydrogen (secondary N) is 1. The number of rotatable bonds is 3. The van der Waals surface area contributed by atoms with Gasteiger partial charge in [0.15, 0.2) is 0 Å². The average Bonchev–Trinajstić information content (AvgIpc) is 3.18. The largest absolute Gasteiger partial charge is 0.339 e. The highest BCUT2D eigenvalue weighted by atomic mass is 32.2. The molecule has 4 heterocycles. The van der Waals surface area contributed by atoms with Crippen molar-refractivity contribution >= 4 is 49.8 Å². The molecule has 0 saturated carbocycles. The summed E-state index contributed by atoms with van der Waals surface area (Å²) >= 11 is 1.49. The maximum absolute atomic E-state index is 10.9. The SMILES string of the molecule is Cc1cc2c3c(c1)c1c(n3CC(c3ccc(N[SH](=O)=O)s3)=C2)CCN(C)C1. The number of allylic oxidation sites excluding steroid dienone is 1. The van der Waals surface area contributed by atoms with E-state index in [2.05, 4.69) is 46.4 Å². The molecule has 27 heavy (non-hydrogen) atoms. The van der Waals surface area contributed by atoms with Crippen molar-refractivity contribution in [2.75, 3.05) is 18.3 Å². The van der Waals surface area contributed by atoms with E-state index in [1.165, 1.54) is 50.2 Å². The van der Waals surface area contributed by atoms with Crippen LogP contribution in [-0.4, -0.2) is 31.5 Å². The van der Waals surface area contributed by atoms with E-state index in [0.717, 1.165) is 30.9 Å². The second-order valence-corrected chi connectivity index (χ2v) is 9.27. The summed E-state index contributed by atoms with van der Waals surface area (Å²) in [5.74, 6) is 0. The van der Waals surface area contributed by atoms with E-state index in [-0.39, 0.29) is 0 Å². The summed E-state index contributed by atoms with van der Waals surface area (Å²) in [5.41, 5.74) is 8.06. The summed E-state index contributed by atoms with van der Waals surface area (Å²) < 4.78 is 26.9. The van der Waals surface area contributed by atoms with Gasteiger partial charge in [-0.1, -0.05) is 0 Å². The van der Waals surface area contributed by atoms with Crippen LogP contribution in [0.5, 0.6) is 0 Å². The van der Waals surface area contributed by atoms with Gasteiger partial charge in [-0.25, -0.2) is 8.42 Å². The Kier molecular flexibility index (Phi) is 3.93. The van der Waals surface area contributed by atoms with Crippen LogP contribution in [0.2, 0.25) is 0 Å². The highest BCUT2D eigenvalue weighted by Crippen LogP contribution is 2.40. The smallest absolute Gasteiger partial charge is 0.223 e. The van der Waals surface area contributed by atoms with Crippen LogP contribution in [0.15, 0.2) is 24.3 Å². The highest BCUT2D eigenvalue weighted by Gasteiger charge is 2.26. The Morgan fingerprint density at radius 2 is 2.04 bits per heavy atom. The fraction of sp³-hybridized carbons (Fsp3) is 0.300. The number of likely N-dealkylation sites (N-methyl/N-ethyl adjacent to an activating group) is 1. The van der Waals surface area contributed by atoms with Gasteiger partial charge in [0.1, 0.15) is 5.00 Å². The third-order valence-electron chi connectivity index (χ3n) is 5.49. The van der Waals surface area contributed by atoms with Gasteiger partial charge in [-0.3, -0.25) is 4.72 Å². The molecule has 7 heteroatoms. The first-order chi connectivity index (χ1) is 13.0. The molecule has 0 amide bonds. The van der Waals surface area contributed by atoms with Gasteiger partial charge in [-0.15, -0.1) is 11.3 Å². The van der Waals surface area contributed by atoms with Crippen molar-refractivity contribution < 1.29 is 8.42 Å². The number of aromatic nitrogens is 1. The number of thiol groups is 1. The molecule has 140 valence electrons. The molecule has 1 N–H and O–H groups in total. The number of nitrogens with zero attached hydrogens (tertiary/aromatic N) is 2. The van der Waals surface area contributed by atoms with Crippen LogP contribution in [0.1, 0.15) is 27.3 Å². The lowest BCUT2D eigenvalue weighted by Gasteiger charge is -2.25. The Morgan fingerprint density at radius 3 is 2.85 bits per heavy atom. The minimum atomic E-state index is -2.63. The first kappa shape index (κ1) is 17.0. The van der Waals surface area contributed by atoms with E-state index in [0.29, 0.717) is 5.00 Å². The van der Waals surface area contributed by atoms with E-state index in [1.54, 1.807) is 0 Å². The number of thiophene rings is 1. The van der Waals surface area contributed by atoms with Gasteiger partial charge in [-0.2, -0.15) is 0 Å². The molecule has 0 atom stereocenters. The fourth-order valence-corrected chi connectivity index (χ4v) is 5.82. The topological polar surface area (TPSA) is 54.3 Å². The Bertz CT molecular complexity index is 1180. The van der Waals surface area contributed by atoms with Crippen molar-refractivity contribution in [1.29, 1.82) is 0 Å². The van der Waals surface area contributed by atoms with Crippen LogP contribution >= 0.6 is 11.3 Å². The molecule has 5 rings (SSSR count). The van der Waals surface area contributed by atoms with Crippen molar-refractivity contribution in [3.8, 4) is 0 Å². The fourth-order valence-electron chi connectivity index (χ4n) is 4.40. The highest BCUT2D eigenvalue weighted by molar-refractivity contribution is 7.74. The molecule has 0 saturated heterocycles. The lowest BCUT2D eigenvalue weighted by molar-refractivity contribution is 0.310. The number of aryl methyl sites for hydroxylation is 1. The zero-order valence-electron chi connectivity index (χ0n) is 15.3. The summed E-state index contributed by atoms with van der Waals surface area (Å²) in [4.78, 5) is 3.51. The summed E-state index contributed by atoms with van der Waals surface area (Å²) in [5, 5.41) is 2.05. The Balaban J connectivity index is 1.65. The minimum absolute atomic E-state index is 0.665. The standard InChI is InChI=1S/C20H21N3O2S2/c1-12-7-13-9-14(18-3-4-19(26-18)21-27(24)25)10-23-17-5-6-22(2)11-16(17)15(8-12)20(13)23/h3-4,7-9,27H,5-6,10-11H2,1-2H3,(H,21,24,25). The van der Waals surface area contributed by atoms with Gasteiger partial charge in [0.25, 0.3) is 0 Å². The molecule has 3 aromatic rings. The summed E-state index contributed by atoms with van der Waals surface area (Å²) in [7, 11) is -0.440.